The van der Waals surface area contributed by atoms with Crippen LogP contribution in [-0.2, 0) is 14.9 Å². The zero-order valence-corrected chi connectivity index (χ0v) is 22.2. The van der Waals surface area contributed by atoms with Crippen molar-refractivity contribution in [2.75, 3.05) is 80.0 Å². The van der Waals surface area contributed by atoms with Crippen LogP contribution < -0.4 is 0 Å². The standard InChI is InChI=1S/4C3H9P.Mo.2S/c4*1-4(2)3;;;/h4*1-3H3;;;. The summed E-state index contributed by atoms with van der Waals surface area (Å²) in [6.45, 7) is 26.8. The van der Waals surface area contributed by atoms with E-state index < -0.39 is 0 Å². The maximum atomic E-state index is 4.34. The normalized spacial score (nSPS) is 8.21. The summed E-state index contributed by atoms with van der Waals surface area (Å²) in [5.74, 6) is 0. The van der Waals surface area contributed by atoms with Gasteiger partial charge >= 0.3 is 34.6 Å². The molecule has 0 aromatic carbocycles. The van der Waals surface area contributed by atoms with Crippen LogP contribution in [0.15, 0.2) is 0 Å². The number of hydrogen-bond donors (Lipinski definition) is 0. The summed E-state index contributed by atoms with van der Waals surface area (Å²) in [6.07, 6.45) is 0. The molecular weight excluding hydrogens is 428 g/mol. The van der Waals surface area contributed by atoms with Gasteiger partial charge in [0.1, 0.15) is 0 Å². The van der Waals surface area contributed by atoms with Gasteiger partial charge in [0, 0.05) is 0 Å². The van der Waals surface area contributed by atoms with Gasteiger partial charge in [-0.05, 0) is 80.0 Å². The SMILES string of the molecule is CP(C)C.CP(C)C.CP(C)C.CP(C)C.[S]=[Mo]=[S]. The molecule has 0 unspecified atom stereocenters. The first kappa shape index (κ1) is 33.5. The van der Waals surface area contributed by atoms with E-state index in [1.54, 1.807) is 0 Å². The van der Waals surface area contributed by atoms with Crippen molar-refractivity contribution >= 4 is 51.3 Å². The Bertz CT molecular complexity index is 125. The summed E-state index contributed by atoms with van der Waals surface area (Å²) < 4.78 is 0. The second kappa shape index (κ2) is 32.7. The summed E-state index contributed by atoms with van der Waals surface area (Å²) in [4.78, 5) is 0. The summed E-state index contributed by atoms with van der Waals surface area (Å²) in [5, 5.41) is 0. The predicted octanol–water partition coefficient (Wildman–Crippen LogP) is 6.72. The second-order valence-corrected chi connectivity index (χ2v) is 19.7. The third-order valence-electron chi connectivity index (χ3n) is 0. The first-order chi connectivity index (χ1) is 8.34. The van der Waals surface area contributed by atoms with E-state index in [-0.39, 0.29) is 14.9 Å². The van der Waals surface area contributed by atoms with E-state index in [9.17, 15) is 0 Å². The molecule has 0 nitrogen and oxygen atoms in total. The molecule has 0 aliphatic carbocycles. The molecule has 0 saturated carbocycles. The minimum atomic E-state index is -0.363. The quantitative estimate of drug-likeness (QED) is 0.288. The van der Waals surface area contributed by atoms with Crippen LogP contribution in [0, 0.1) is 0 Å². The van der Waals surface area contributed by atoms with Crippen LogP contribution >= 0.6 is 51.3 Å². The van der Waals surface area contributed by atoms with Crippen molar-refractivity contribution < 1.29 is 14.9 Å². The van der Waals surface area contributed by atoms with Crippen molar-refractivity contribution in [3.05, 3.63) is 0 Å². The maximum absolute atomic E-state index is 4.34. The third-order valence-corrected chi connectivity index (χ3v) is 0. The van der Waals surface area contributed by atoms with E-state index in [0.29, 0.717) is 31.7 Å². The van der Waals surface area contributed by atoms with Crippen molar-refractivity contribution in [3.8, 4) is 0 Å². The van der Waals surface area contributed by atoms with E-state index in [1.165, 1.54) is 0 Å². The van der Waals surface area contributed by atoms with E-state index in [2.05, 4.69) is 99.6 Å². The Hall–Kier alpha value is 2.85. The van der Waals surface area contributed by atoms with E-state index in [1.807, 2.05) is 0 Å². The van der Waals surface area contributed by atoms with Gasteiger partial charge in [0.15, 0.2) is 0 Å². The molecule has 122 valence electrons. The Kier molecular flexibility index (Phi) is 57.6. The molecule has 0 amide bonds. The van der Waals surface area contributed by atoms with Crippen LogP contribution in [0.25, 0.3) is 0 Å². The van der Waals surface area contributed by atoms with Gasteiger partial charge in [-0.3, -0.25) is 0 Å². The molecule has 0 saturated heterocycles. The molecule has 0 spiro atoms. The third kappa shape index (κ3) is 913. The summed E-state index contributed by atoms with van der Waals surface area (Å²) in [5.41, 5.74) is 0. The van der Waals surface area contributed by atoms with E-state index >= 15 is 0 Å². The first-order valence-electron chi connectivity index (χ1n) is 5.70. The Morgan fingerprint density at radius 2 is 0.421 bits per heavy atom. The molecule has 7 heteroatoms. The van der Waals surface area contributed by atoms with Crippen molar-refractivity contribution in [1.29, 1.82) is 0 Å². The fraction of sp³-hybridized carbons (Fsp3) is 1.00. The Morgan fingerprint density at radius 1 is 0.421 bits per heavy atom. The van der Waals surface area contributed by atoms with Gasteiger partial charge in [-0.25, -0.2) is 0 Å². The average molecular weight is 464 g/mol. The van der Waals surface area contributed by atoms with Crippen molar-refractivity contribution in [1.82, 2.24) is 0 Å². The molecule has 0 bridgehead atoms. The zero-order chi connectivity index (χ0) is 17.0. The average Bonchev–Trinajstić information content (AvgIpc) is 1.97. The molecule has 0 heterocycles. The van der Waals surface area contributed by atoms with Crippen LogP contribution in [0.3, 0.4) is 0 Å². The Balaban J connectivity index is -0.0000000432. The van der Waals surface area contributed by atoms with Crippen LogP contribution in [0.1, 0.15) is 0 Å². The molecule has 0 aliphatic rings. The molecule has 0 aromatic heterocycles. The Morgan fingerprint density at radius 3 is 0.421 bits per heavy atom. The van der Waals surface area contributed by atoms with Gasteiger partial charge in [-0.1, -0.05) is 0 Å². The molecule has 0 radical (unpaired) electrons. The summed E-state index contributed by atoms with van der Waals surface area (Å²) in [7, 11) is 10.2. The van der Waals surface area contributed by atoms with Gasteiger partial charge < -0.3 is 0 Å². The van der Waals surface area contributed by atoms with Gasteiger partial charge in [-0.2, -0.15) is 0 Å². The fourth-order valence-corrected chi connectivity index (χ4v) is 0. The molecule has 0 aromatic rings. The van der Waals surface area contributed by atoms with Crippen molar-refractivity contribution in [3.63, 3.8) is 0 Å². The molecular formula is C12H36MoP4S2. The van der Waals surface area contributed by atoms with E-state index in [0.717, 1.165) is 0 Å². The number of hydrogen-bond acceptors (Lipinski definition) is 2. The van der Waals surface area contributed by atoms with Gasteiger partial charge in [-0.15, -0.1) is 31.7 Å². The van der Waals surface area contributed by atoms with Crippen LogP contribution in [-0.4, -0.2) is 80.0 Å². The second-order valence-electron chi connectivity index (χ2n) is 5.43. The predicted molar refractivity (Wildman–Crippen MR) is 114 cm³/mol. The first-order valence-corrected chi connectivity index (χ1v) is 22.0. The van der Waals surface area contributed by atoms with Crippen molar-refractivity contribution in [2.45, 2.75) is 0 Å². The molecule has 0 N–H and O–H groups in total. The molecule has 0 aliphatic heterocycles. The molecule has 19 heavy (non-hydrogen) atoms. The summed E-state index contributed by atoms with van der Waals surface area (Å²) >= 11 is -0.363. The van der Waals surface area contributed by atoms with Gasteiger partial charge in [0.25, 0.3) is 0 Å². The van der Waals surface area contributed by atoms with Crippen LogP contribution in [0.5, 0.6) is 0 Å². The van der Waals surface area contributed by atoms with Crippen molar-refractivity contribution in [2.24, 2.45) is 0 Å². The van der Waals surface area contributed by atoms with E-state index in [4.69, 9.17) is 0 Å². The zero-order valence-electron chi connectivity index (χ0n) is 15.0. The monoisotopic (exact) mass is 466 g/mol. The molecule has 0 rings (SSSR count). The van der Waals surface area contributed by atoms with Gasteiger partial charge in [0.05, 0.1) is 0 Å². The molecule has 0 fully saturated rings. The fourth-order valence-electron chi connectivity index (χ4n) is 0. The minimum absolute atomic E-state index is 0.363. The van der Waals surface area contributed by atoms with Gasteiger partial charge in [0.2, 0.25) is 0 Å². The topological polar surface area (TPSA) is 0 Å². The van der Waals surface area contributed by atoms with Crippen LogP contribution in [0.4, 0.5) is 0 Å². The summed E-state index contributed by atoms with van der Waals surface area (Å²) in [6, 6.07) is 0. The Labute approximate surface area is 145 Å². The number of rotatable bonds is 0. The molecule has 0 atom stereocenters. The van der Waals surface area contributed by atoms with Crippen LogP contribution in [0.2, 0.25) is 0 Å².